The Bertz CT molecular complexity index is 825. The van der Waals surface area contributed by atoms with Gasteiger partial charge in [0.05, 0.1) is 18.9 Å². The summed E-state index contributed by atoms with van der Waals surface area (Å²) in [4.78, 5) is 12.6. The lowest BCUT2D eigenvalue weighted by atomic mass is 9.84. The van der Waals surface area contributed by atoms with Crippen molar-refractivity contribution >= 4 is 17.7 Å². The Morgan fingerprint density at radius 1 is 1.28 bits per heavy atom. The number of hydrogen-bond donors (Lipinski definition) is 1. The molecule has 7 heteroatoms. The highest BCUT2D eigenvalue weighted by atomic mass is 32.2. The van der Waals surface area contributed by atoms with Crippen LogP contribution in [0, 0.1) is 17.8 Å². The average Bonchev–Trinajstić information content (AvgIpc) is 3.47. The Labute approximate surface area is 176 Å². The van der Waals surface area contributed by atoms with Gasteiger partial charge in [-0.3, -0.25) is 9.36 Å². The number of rotatable bonds is 9. The fourth-order valence-corrected chi connectivity index (χ4v) is 5.80. The van der Waals surface area contributed by atoms with Gasteiger partial charge in [0.25, 0.3) is 0 Å². The molecule has 1 heterocycles. The molecule has 2 saturated carbocycles. The van der Waals surface area contributed by atoms with Gasteiger partial charge in [-0.2, -0.15) is 0 Å². The molecule has 2 aliphatic rings. The molecule has 0 saturated heterocycles. The van der Waals surface area contributed by atoms with Crippen LogP contribution in [0.2, 0.25) is 0 Å². The van der Waals surface area contributed by atoms with E-state index in [0.29, 0.717) is 24.8 Å². The lowest BCUT2D eigenvalue weighted by Crippen LogP contribution is -2.40. The van der Waals surface area contributed by atoms with E-state index in [9.17, 15) is 4.79 Å². The summed E-state index contributed by atoms with van der Waals surface area (Å²) in [6, 6.07) is 10.3. The number of amides is 1. The number of carbonyl (C=O) groups excluding carboxylic acids is 1. The minimum Gasteiger partial charge on any atom is -0.383 e. The molecule has 4 rings (SSSR count). The van der Waals surface area contributed by atoms with Gasteiger partial charge in [-0.25, -0.2) is 0 Å². The van der Waals surface area contributed by atoms with Gasteiger partial charge in [-0.05, 0) is 43.9 Å². The van der Waals surface area contributed by atoms with Crippen molar-refractivity contribution in [1.29, 1.82) is 0 Å². The molecule has 1 aromatic carbocycles. The topological polar surface area (TPSA) is 69.0 Å². The van der Waals surface area contributed by atoms with E-state index in [0.717, 1.165) is 28.4 Å². The Morgan fingerprint density at radius 3 is 2.79 bits per heavy atom. The third kappa shape index (κ3) is 4.67. The molecule has 1 aromatic heterocycles. The second-order valence-corrected chi connectivity index (χ2v) is 9.24. The standard InChI is InChI=1S/C22H30N4O2S/c1-15(19-13-16-8-9-18(19)12-16)23-20(27)14-29-22-25-24-21(26(22)10-11-28-2)17-6-4-3-5-7-17/h3-7,15-16,18-19H,8-14H2,1-2H3,(H,23,27)/t15-,16-,18-,19-/m0/s1. The lowest BCUT2D eigenvalue weighted by molar-refractivity contribution is -0.119. The number of fused-ring (bicyclic) bond motifs is 2. The van der Waals surface area contributed by atoms with Crippen LogP contribution >= 0.6 is 11.8 Å². The minimum atomic E-state index is 0.0767. The molecule has 4 atom stereocenters. The summed E-state index contributed by atoms with van der Waals surface area (Å²) in [7, 11) is 1.68. The van der Waals surface area contributed by atoms with Crippen molar-refractivity contribution in [1.82, 2.24) is 20.1 Å². The molecule has 2 fully saturated rings. The van der Waals surface area contributed by atoms with Gasteiger partial charge in [-0.15, -0.1) is 10.2 Å². The highest BCUT2D eigenvalue weighted by molar-refractivity contribution is 7.99. The highest BCUT2D eigenvalue weighted by Gasteiger charge is 2.42. The maximum Gasteiger partial charge on any atom is 0.230 e. The van der Waals surface area contributed by atoms with Gasteiger partial charge in [-0.1, -0.05) is 48.5 Å². The Balaban J connectivity index is 1.37. The number of thioether (sulfide) groups is 1. The SMILES string of the molecule is COCCn1c(SCC(=O)N[C@@H](C)[C@@H]2C[C@H]3CC[C@H]2C3)nnc1-c1ccccc1. The van der Waals surface area contributed by atoms with Gasteiger partial charge in [0.2, 0.25) is 5.91 Å². The van der Waals surface area contributed by atoms with Crippen LogP contribution in [0.5, 0.6) is 0 Å². The summed E-state index contributed by atoms with van der Waals surface area (Å²) in [6.07, 6.45) is 5.38. The molecule has 0 unspecified atom stereocenters. The number of hydrogen-bond acceptors (Lipinski definition) is 5. The molecule has 0 aliphatic heterocycles. The number of aromatic nitrogens is 3. The second kappa shape index (κ2) is 9.30. The molecule has 6 nitrogen and oxygen atoms in total. The summed E-state index contributed by atoms with van der Waals surface area (Å²) in [5, 5.41) is 12.7. The van der Waals surface area contributed by atoms with Gasteiger partial charge in [0, 0.05) is 18.7 Å². The fraction of sp³-hybridized carbons (Fsp3) is 0.591. The first-order valence-corrected chi connectivity index (χ1v) is 11.5. The predicted octanol–water partition coefficient (Wildman–Crippen LogP) is 3.62. The van der Waals surface area contributed by atoms with E-state index in [4.69, 9.17) is 4.74 Å². The Kier molecular flexibility index (Phi) is 6.55. The molecule has 156 valence electrons. The van der Waals surface area contributed by atoms with E-state index >= 15 is 0 Å². The van der Waals surface area contributed by atoms with E-state index in [1.54, 1.807) is 7.11 Å². The average molecular weight is 415 g/mol. The van der Waals surface area contributed by atoms with E-state index in [1.165, 1.54) is 37.4 Å². The summed E-state index contributed by atoms with van der Waals surface area (Å²) >= 11 is 1.44. The molecule has 2 aliphatic carbocycles. The third-order valence-corrected chi connectivity index (χ3v) is 7.39. The monoisotopic (exact) mass is 414 g/mol. The smallest absolute Gasteiger partial charge is 0.230 e. The van der Waals surface area contributed by atoms with Crippen molar-refractivity contribution in [2.45, 2.75) is 50.4 Å². The number of methoxy groups -OCH3 is 1. The van der Waals surface area contributed by atoms with Gasteiger partial charge < -0.3 is 10.1 Å². The molecular formula is C22H30N4O2S. The van der Waals surface area contributed by atoms with Crippen LogP contribution in [0.25, 0.3) is 11.4 Å². The van der Waals surface area contributed by atoms with E-state index in [1.807, 2.05) is 34.9 Å². The summed E-state index contributed by atoms with van der Waals surface area (Å²) in [5.74, 6) is 3.60. The zero-order valence-corrected chi connectivity index (χ0v) is 18.0. The molecule has 1 amide bonds. The summed E-state index contributed by atoms with van der Waals surface area (Å²) in [6.45, 7) is 3.39. The van der Waals surface area contributed by atoms with Crippen LogP contribution in [0.1, 0.15) is 32.6 Å². The first-order valence-electron chi connectivity index (χ1n) is 10.6. The second-order valence-electron chi connectivity index (χ2n) is 8.30. The number of benzene rings is 1. The number of ether oxygens (including phenoxy) is 1. The van der Waals surface area contributed by atoms with E-state index in [2.05, 4.69) is 22.4 Å². The quantitative estimate of drug-likeness (QED) is 0.635. The first-order chi connectivity index (χ1) is 14.2. The van der Waals surface area contributed by atoms with Crippen molar-refractivity contribution in [3.63, 3.8) is 0 Å². The Hall–Kier alpha value is -1.86. The Morgan fingerprint density at radius 2 is 2.10 bits per heavy atom. The van der Waals surface area contributed by atoms with Crippen molar-refractivity contribution < 1.29 is 9.53 Å². The lowest BCUT2D eigenvalue weighted by Gasteiger charge is -2.28. The first kappa shape index (κ1) is 20.4. The molecular weight excluding hydrogens is 384 g/mol. The molecule has 1 N–H and O–H groups in total. The highest BCUT2D eigenvalue weighted by Crippen LogP contribution is 2.49. The molecule has 29 heavy (non-hydrogen) atoms. The zero-order valence-electron chi connectivity index (χ0n) is 17.2. The molecule has 2 bridgehead atoms. The number of carbonyl (C=O) groups is 1. The van der Waals surface area contributed by atoms with Crippen LogP contribution < -0.4 is 5.32 Å². The predicted molar refractivity (Wildman–Crippen MR) is 115 cm³/mol. The van der Waals surface area contributed by atoms with Crippen molar-refractivity contribution in [3.8, 4) is 11.4 Å². The van der Waals surface area contributed by atoms with E-state index < -0.39 is 0 Å². The minimum absolute atomic E-state index is 0.0767. The number of nitrogens with zero attached hydrogens (tertiary/aromatic N) is 3. The largest absolute Gasteiger partial charge is 0.383 e. The van der Waals surface area contributed by atoms with Crippen LogP contribution in [0.3, 0.4) is 0 Å². The van der Waals surface area contributed by atoms with Crippen LogP contribution in [0.4, 0.5) is 0 Å². The maximum absolute atomic E-state index is 12.6. The van der Waals surface area contributed by atoms with Gasteiger partial charge in [0.15, 0.2) is 11.0 Å². The number of nitrogens with one attached hydrogen (secondary N) is 1. The maximum atomic E-state index is 12.6. The van der Waals surface area contributed by atoms with Crippen molar-refractivity contribution in [2.24, 2.45) is 17.8 Å². The van der Waals surface area contributed by atoms with Crippen LogP contribution in [0.15, 0.2) is 35.5 Å². The zero-order chi connectivity index (χ0) is 20.2. The van der Waals surface area contributed by atoms with Crippen LogP contribution in [-0.4, -0.2) is 46.2 Å². The van der Waals surface area contributed by atoms with Gasteiger partial charge in [0.1, 0.15) is 0 Å². The van der Waals surface area contributed by atoms with E-state index in [-0.39, 0.29) is 11.9 Å². The molecule has 2 aromatic rings. The summed E-state index contributed by atoms with van der Waals surface area (Å²) in [5.41, 5.74) is 1.01. The van der Waals surface area contributed by atoms with Crippen LogP contribution in [-0.2, 0) is 16.1 Å². The fourth-order valence-electron chi connectivity index (χ4n) is 5.02. The van der Waals surface area contributed by atoms with Crippen molar-refractivity contribution in [2.75, 3.05) is 19.5 Å². The normalized spacial score (nSPS) is 24.0. The summed E-state index contributed by atoms with van der Waals surface area (Å²) < 4.78 is 7.29. The molecule has 0 radical (unpaired) electrons. The van der Waals surface area contributed by atoms with Crippen molar-refractivity contribution in [3.05, 3.63) is 30.3 Å². The third-order valence-electron chi connectivity index (χ3n) is 6.42. The molecule has 0 spiro atoms. The van der Waals surface area contributed by atoms with Gasteiger partial charge >= 0.3 is 0 Å².